The number of hydrogen-bond acceptors (Lipinski definition) is 8. The van der Waals surface area contributed by atoms with E-state index in [1.54, 1.807) is 6.92 Å². The first-order chi connectivity index (χ1) is 15.9. The first-order valence-electron chi connectivity index (χ1n) is 11.2. The number of ether oxygens (including phenoxy) is 6. The van der Waals surface area contributed by atoms with Crippen LogP contribution in [0.2, 0.25) is 0 Å². The molecule has 2 aliphatic carbocycles. The Kier molecular flexibility index (Phi) is 5.06. The second kappa shape index (κ2) is 7.71. The lowest BCUT2D eigenvalue weighted by molar-refractivity contribution is -0.153. The fourth-order valence-electron chi connectivity index (χ4n) is 5.41. The minimum Gasteiger partial charge on any atom is -0.493 e. The van der Waals surface area contributed by atoms with E-state index in [9.17, 15) is 9.59 Å². The highest BCUT2D eigenvalue weighted by Crippen LogP contribution is 2.61. The molecule has 0 N–H and O–H groups in total. The first-order valence-corrected chi connectivity index (χ1v) is 11.2. The summed E-state index contributed by atoms with van der Waals surface area (Å²) in [5.41, 5.74) is 1.15. The SMILES string of the molecule is CCC(=O)O[C@H]1c2cc3c(c4c2[C@]2(CO4)C(=O)C(OC)=C(OC)C=C2C[C@@H](C)[C@H]1C)OCO3. The number of ketones is 1. The van der Waals surface area contributed by atoms with Crippen molar-refractivity contribution in [3.05, 3.63) is 40.4 Å². The maximum Gasteiger partial charge on any atom is 0.306 e. The second-order valence-corrected chi connectivity index (χ2v) is 9.00. The third-order valence-electron chi connectivity index (χ3n) is 7.38. The molecule has 0 bridgehead atoms. The van der Waals surface area contributed by atoms with E-state index in [1.165, 1.54) is 14.2 Å². The van der Waals surface area contributed by atoms with E-state index in [-0.39, 0.29) is 49.2 Å². The van der Waals surface area contributed by atoms with Crippen LogP contribution in [0.1, 0.15) is 50.8 Å². The maximum atomic E-state index is 14.1. The number of allylic oxidation sites excluding steroid dienone is 2. The van der Waals surface area contributed by atoms with Gasteiger partial charge in [0.25, 0.3) is 0 Å². The molecule has 0 saturated heterocycles. The highest BCUT2D eigenvalue weighted by molar-refractivity contribution is 6.08. The van der Waals surface area contributed by atoms with Gasteiger partial charge in [-0.1, -0.05) is 20.8 Å². The van der Waals surface area contributed by atoms with Gasteiger partial charge in [0.15, 0.2) is 17.3 Å². The number of rotatable bonds is 4. The van der Waals surface area contributed by atoms with Crippen molar-refractivity contribution in [1.82, 2.24) is 0 Å². The molecule has 5 rings (SSSR count). The largest absolute Gasteiger partial charge is 0.493 e. The lowest BCUT2D eigenvalue weighted by Crippen LogP contribution is -2.46. The molecule has 1 aromatic rings. The number of methoxy groups -OCH3 is 2. The van der Waals surface area contributed by atoms with E-state index in [2.05, 4.69) is 13.8 Å². The predicted molar refractivity (Wildman–Crippen MR) is 116 cm³/mol. The van der Waals surface area contributed by atoms with Gasteiger partial charge in [0.1, 0.15) is 18.1 Å². The zero-order valence-electron chi connectivity index (χ0n) is 19.5. The highest BCUT2D eigenvalue weighted by Gasteiger charge is 2.59. The van der Waals surface area contributed by atoms with E-state index in [4.69, 9.17) is 28.4 Å². The smallest absolute Gasteiger partial charge is 0.306 e. The summed E-state index contributed by atoms with van der Waals surface area (Å²) in [5, 5.41) is 0. The Hall–Kier alpha value is -3.16. The van der Waals surface area contributed by atoms with Gasteiger partial charge in [-0.25, -0.2) is 0 Å². The molecular formula is C25H28O8. The zero-order chi connectivity index (χ0) is 23.5. The minimum absolute atomic E-state index is 0.0293. The van der Waals surface area contributed by atoms with Crippen LogP contribution in [0, 0.1) is 11.8 Å². The fourth-order valence-corrected chi connectivity index (χ4v) is 5.41. The number of carbonyl (C=O) groups is 2. The first kappa shape index (κ1) is 21.7. The van der Waals surface area contributed by atoms with Gasteiger partial charge in [-0.05, 0) is 30.1 Å². The molecular weight excluding hydrogens is 428 g/mol. The molecule has 0 unspecified atom stereocenters. The summed E-state index contributed by atoms with van der Waals surface area (Å²) in [4.78, 5) is 26.5. The quantitative estimate of drug-likeness (QED) is 0.634. The summed E-state index contributed by atoms with van der Waals surface area (Å²) < 4.78 is 34.6. The van der Waals surface area contributed by atoms with Crippen molar-refractivity contribution in [2.24, 2.45) is 11.8 Å². The second-order valence-electron chi connectivity index (χ2n) is 9.00. The highest BCUT2D eigenvalue weighted by atomic mass is 16.7. The predicted octanol–water partition coefficient (Wildman–Crippen LogP) is 3.73. The van der Waals surface area contributed by atoms with Crippen LogP contribution in [0.15, 0.2) is 29.2 Å². The molecule has 8 heteroatoms. The van der Waals surface area contributed by atoms with Crippen LogP contribution in [0.5, 0.6) is 17.2 Å². The van der Waals surface area contributed by atoms with Crippen molar-refractivity contribution < 1.29 is 38.0 Å². The van der Waals surface area contributed by atoms with Crippen molar-refractivity contribution in [3.63, 3.8) is 0 Å². The molecule has 1 aromatic carbocycles. The molecule has 0 aromatic heterocycles. The molecule has 8 nitrogen and oxygen atoms in total. The average molecular weight is 456 g/mol. The topological polar surface area (TPSA) is 89.5 Å². The van der Waals surface area contributed by atoms with Crippen molar-refractivity contribution in [3.8, 4) is 17.2 Å². The maximum absolute atomic E-state index is 14.1. The number of fused-ring (bicyclic) bond motifs is 2. The Morgan fingerprint density at radius 1 is 1.15 bits per heavy atom. The standard InChI is InChI=1S/C25H28O8/c1-6-18(26)33-20-13(3)12(2)7-14-8-16(28-4)22(29-5)24(27)25(14)10-30-23-19(25)15(20)9-17-21(23)32-11-31-17/h8-9,12-13,20H,6-7,10-11H2,1-5H3/t12-,13-,20-,25-/m1/s1. The third-order valence-corrected chi connectivity index (χ3v) is 7.38. The molecule has 2 heterocycles. The minimum atomic E-state index is -1.12. The normalized spacial score (nSPS) is 29.3. The van der Waals surface area contributed by atoms with Gasteiger partial charge in [0, 0.05) is 23.5 Å². The van der Waals surface area contributed by atoms with Gasteiger partial charge >= 0.3 is 5.97 Å². The van der Waals surface area contributed by atoms with Crippen molar-refractivity contribution in [2.45, 2.75) is 45.1 Å². The molecule has 0 amide bonds. The summed E-state index contributed by atoms with van der Waals surface area (Å²) in [6.07, 6.45) is 2.19. The van der Waals surface area contributed by atoms with Crippen LogP contribution in [0.3, 0.4) is 0 Å². The van der Waals surface area contributed by atoms with E-state index in [0.29, 0.717) is 40.6 Å². The summed E-state index contributed by atoms with van der Waals surface area (Å²) in [5.74, 6) is 1.53. The number of hydrogen-bond donors (Lipinski definition) is 0. The van der Waals surface area contributed by atoms with Gasteiger partial charge < -0.3 is 28.4 Å². The number of carbonyl (C=O) groups excluding carboxylic acids is 2. The van der Waals surface area contributed by atoms with E-state index < -0.39 is 11.5 Å². The third kappa shape index (κ3) is 2.89. The van der Waals surface area contributed by atoms with Gasteiger partial charge in [-0.15, -0.1) is 0 Å². The van der Waals surface area contributed by atoms with Gasteiger partial charge in [-0.3, -0.25) is 9.59 Å². The van der Waals surface area contributed by atoms with Gasteiger partial charge in [0.05, 0.1) is 14.2 Å². The van der Waals surface area contributed by atoms with Crippen LogP contribution < -0.4 is 14.2 Å². The van der Waals surface area contributed by atoms with Gasteiger partial charge in [-0.2, -0.15) is 0 Å². The number of esters is 1. The molecule has 1 spiro atoms. The fraction of sp³-hybridized carbons (Fsp3) is 0.520. The van der Waals surface area contributed by atoms with Crippen molar-refractivity contribution >= 4 is 11.8 Å². The molecule has 2 aliphatic heterocycles. The molecule has 33 heavy (non-hydrogen) atoms. The zero-order valence-corrected chi connectivity index (χ0v) is 19.5. The Balaban J connectivity index is 1.82. The van der Waals surface area contributed by atoms with E-state index in [0.717, 1.165) is 5.57 Å². The summed E-state index contributed by atoms with van der Waals surface area (Å²) in [6.45, 7) is 6.09. The Morgan fingerprint density at radius 3 is 2.64 bits per heavy atom. The molecule has 176 valence electrons. The Morgan fingerprint density at radius 2 is 1.94 bits per heavy atom. The summed E-state index contributed by atoms with van der Waals surface area (Å²) in [6, 6.07) is 1.84. The van der Waals surface area contributed by atoms with Crippen molar-refractivity contribution in [2.75, 3.05) is 27.6 Å². The molecule has 0 saturated carbocycles. The molecule has 0 fully saturated rings. The van der Waals surface area contributed by atoms with Crippen LogP contribution >= 0.6 is 0 Å². The van der Waals surface area contributed by atoms with Crippen LogP contribution in [-0.4, -0.2) is 39.4 Å². The van der Waals surface area contributed by atoms with Crippen LogP contribution in [0.25, 0.3) is 0 Å². The monoisotopic (exact) mass is 456 g/mol. The molecule has 4 aliphatic rings. The molecule has 4 atom stereocenters. The number of benzene rings is 1. The van der Waals surface area contributed by atoms with Crippen LogP contribution in [-0.2, 0) is 29.2 Å². The summed E-state index contributed by atoms with van der Waals surface area (Å²) in [7, 11) is 2.98. The lowest BCUT2D eigenvalue weighted by atomic mass is 9.62. The van der Waals surface area contributed by atoms with E-state index >= 15 is 0 Å². The van der Waals surface area contributed by atoms with E-state index in [1.807, 2.05) is 12.1 Å². The number of Topliss-reactive ketones (excluding diaryl/α,β-unsaturated/α-hetero) is 1. The average Bonchev–Trinajstić information content (AvgIpc) is 3.44. The van der Waals surface area contributed by atoms with Crippen LogP contribution in [0.4, 0.5) is 0 Å². The summed E-state index contributed by atoms with van der Waals surface area (Å²) >= 11 is 0. The van der Waals surface area contributed by atoms with Crippen molar-refractivity contribution in [1.29, 1.82) is 0 Å². The lowest BCUT2D eigenvalue weighted by Gasteiger charge is -2.41. The van der Waals surface area contributed by atoms with Gasteiger partial charge in [0.2, 0.25) is 24.1 Å². The molecule has 0 radical (unpaired) electrons. The Labute approximate surface area is 192 Å². The Bertz CT molecular complexity index is 1100.